The molecule has 2 heterocycles. The summed E-state index contributed by atoms with van der Waals surface area (Å²) >= 11 is 0. The number of nitrogens with one attached hydrogen (secondary N) is 1. The van der Waals surface area contributed by atoms with Crippen molar-refractivity contribution in [2.75, 3.05) is 39.3 Å². The molecule has 0 radical (unpaired) electrons. The maximum atomic E-state index is 5.59. The molecule has 1 fully saturated rings. The Morgan fingerprint density at radius 3 is 2.89 bits per heavy atom. The summed E-state index contributed by atoms with van der Waals surface area (Å²) in [4.78, 5) is 6.61. The van der Waals surface area contributed by atoms with Crippen molar-refractivity contribution < 1.29 is 0 Å². The lowest BCUT2D eigenvalue weighted by atomic mass is 9.97. The third-order valence-corrected chi connectivity index (χ3v) is 3.90. The zero-order valence-corrected chi connectivity index (χ0v) is 11.7. The van der Waals surface area contributed by atoms with Crippen molar-refractivity contribution in [1.29, 1.82) is 0 Å². The number of hydrogen-bond donors (Lipinski definition) is 2. The molecule has 2 rings (SSSR count). The van der Waals surface area contributed by atoms with E-state index in [1.165, 1.54) is 31.5 Å². The van der Waals surface area contributed by atoms with Crippen molar-refractivity contribution in [3.8, 4) is 0 Å². The van der Waals surface area contributed by atoms with E-state index in [0.717, 1.165) is 38.5 Å². The molecule has 4 heteroatoms. The van der Waals surface area contributed by atoms with Gasteiger partial charge in [-0.3, -0.25) is 4.98 Å². The summed E-state index contributed by atoms with van der Waals surface area (Å²) in [7, 11) is 0. The molecule has 1 aromatic heterocycles. The molecule has 1 aliphatic heterocycles. The summed E-state index contributed by atoms with van der Waals surface area (Å²) < 4.78 is 0. The van der Waals surface area contributed by atoms with Crippen LogP contribution in [0.2, 0.25) is 0 Å². The van der Waals surface area contributed by atoms with E-state index in [1.54, 1.807) is 0 Å². The highest BCUT2D eigenvalue weighted by Gasteiger charge is 2.17. The topological polar surface area (TPSA) is 54.2 Å². The number of aromatic nitrogens is 1. The number of nitrogens with two attached hydrogens (primary N) is 1. The molecular formula is C15H26N4. The zero-order chi connectivity index (χ0) is 13.3. The highest BCUT2D eigenvalue weighted by atomic mass is 15.1. The van der Waals surface area contributed by atoms with Gasteiger partial charge in [0, 0.05) is 25.5 Å². The summed E-state index contributed by atoms with van der Waals surface area (Å²) in [5, 5.41) is 3.58. The largest absolute Gasteiger partial charge is 0.329 e. The van der Waals surface area contributed by atoms with Crippen LogP contribution in [0.25, 0.3) is 0 Å². The fourth-order valence-electron chi connectivity index (χ4n) is 2.68. The highest BCUT2D eigenvalue weighted by molar-refractivity contribution is 5.08. The van der Waals surface area contributed by atoms with Gasteiger partial charge in [-0.25, -0.2) is 0 Å². The van der Waals surface area contributed by atoms with Gasteiger partial charge in [-0.1, -0.05) is 6.07 Å². The first-order chi connectivity index (χ1) is 9.38. The SMILES string of the molecule is NCCN1CCC(CNCCc2cccnc2)CC1. The van der Waals surface area contributed by atoms with E-state index in [-0.39, 0.29) is 0 Å². The van der Waals surface area contributed by atoms with Gasteiger partial charge >= 0.3 is 0 Å². The van der Waals surface area contributed by atoms with Crippen molar-refractivity contribution in [3.63, 3.8) is 0 Å². The lowest BCUT2D eigenvalue weighted by molar-refractivity contribution is 0.187. The average molecular weight is 262 g/mol. The van der Waals surface area contributed by atoms with E-state index in [0.29, 0.717) is 0 Å². The van der Waals surface area contributed by atoms with Gasteiger partial charge in [0.1, 0.15) is 0 Å². The molecule has 0 saturated carbocycles. The quantitative estimate of drug-likeness (QED) is 0.717. The summed E-state index contributed by atoms with van der Waals surface area (Å²) in [6.07, 6.45) is 7.46. The Bertz CT molecular complexity index is 333. The number of pyridine rings is 1. The predicted octanol–water partition coefficient (Wildman–Crippen LogP) is 0.884. The van der Waals surface area contributed by atoms with Crippen LogP contribution >= 0.6 is 0 Å². The molecule has 1 saturated heterocycles. The highest BCUT2D eigenvalue weighted by Crippen LogP contribution is 2.15. The number of piperidine rings is 1. The van der Waals surface area contributed by atoms with Crippen LogP contribution < -0.4 is 11.1 Å². The summed E-state index contributed by atoms with van der Waals surface area (Å²) in [6.45, 7) is 6.47. The Labute approximate surface area is 116 Å². The molecule has 0 spiro atoms. The van der Waals surface area contributed by atoms with Crippen molar-refractivity contribution in [2.24, 2.45) is 11.7 Å². The summed E-state index contributed by atoms with van der Waals surface area (Å²) in [5.74, 6) is 0.836. The zero-order valence-electron chi connectivity index (χ0n) is 11.7. The van der Waals surface area contributed by atoms with Crippen LogP contribution in [-0.2, 0) is 6.42 Å². The maximum absolute atomic E-state index is 5.59. The Morgan fingerprint density at radius 2 is 2.21 bits per heavy atom. The molecule has 1 aromatic rings. The third kappa shape index (κ3) is 5.27. The van der Waals surface area contributed by atoms with Crippen LogP contribution in [0.3, 0.4) is 0 Å². The lowest BCUT2D eigenvalue weighted by Gasteiger charge is -2.31. The van der Waals surface area contributed by atoms with Gasteiger partial charge in [-0.15, -0.1) is 0 Å². The van der Waals surface area contributed by atoms with Gasteiger partial charge in [0.25, 0.3) is 0 Å². The van der Waals surface area contributed by atoms with E-state index >= 15 is 0 Å². The predicted molar refractivity (Wildman–Crippen MR) is 79.0 cm³/mol. The van der Waals surface area contributed by atoms with Crippen molar-refractivity contribution in [3.05, 3.63) is 30.1 Å². The second kappa shape index (κ2) is 8.25. The Morgan fingerprint density at radius 1 is 1.37 bits per heavy atom. The van der Waals surface area contributed by atoms with Gasteiger partial charge in [-0.2, -0.15) is 0 Å². The number of likely N-dealkylation sites (tertiary alicyclic amines) is 1. The van der Waals surface area contributed by atoms with E-state index in [9.17, 15) is 0 Å². The molecule has 0 aliphatic carbocycles. The first-order valence-electron chi connectivity index (χ1n) is 7.40. The first-order valence-corrected chi connectivity index (χ1v) is 7.40. The summed E-state index contributed by atoms with van der Waals surface area (Å²) in [5.41, 5.74) is 6.90. The van der Waals surface area contributed by atoms with Crippen LogP contribution in [-0.4, -0.2) is 49.2 Å². The Kier molecular flexibility index (Phi) is 6.27. The molecular weight excluding hydrogens is 236 g/mol. The van der Waals surface area contributed by atoms with Crippen molar-refractivity contribution >= 4 is 0 Å². The third-order valence-electron chi connectivity index (χ3n) is 3.90. The fourth-order valence-corrected chi connectivity index (χ4v) is 2.68. The molecule has 106 valence electrons. The van der Waals surface area contributed by atoms with Gasteiger partial charge in [0.2, 0.25) is 0 Å². The molecule has 0 bridgehead atoms. The van der Waals surface area contributed by atoms with E-state index in [2.05, 4.69) is 21.3 Å². The second-order valence-corrected chi connectivity index (χ2v) is 5.39. The lowest BCUT2D eigenvalue weighted by Crippen LogP contribution is -2.39. The molecule has 4 nitrogen and oxygen atoms in total. The smallest absolute Gasteiger partial charge is 0.0300 e. The standard InChI is InChI=1S/C15H26N4/c16-6-11-19-9-4-15(5-10-19)13-18-8-3-14-2-1-7-17-12-14/h1-2,7,12,15,18H,3-6,8-11,13,16H2. The van der Waals surface area contributed by atoms with E-state index in [4.69, 9.17) is 5.73 Å². The first kappa shape index (κ1) is 14.4. The van der Waals surface area contributed by atoms with Gasteiger partial charge < -0.3 is 16.0 Å². The molecule has 0 atom stereocenters. The average Bonchev–Trinajstić information content (AvgIpc) is 2.47. The number of hydrogen-bond acceptors (Lipinski definition) is 4. The summed E-state index contributed by atoms with van der Waals surface area (Å²) in [6, 6.07) is 4.14. The van der Waals surface area contributed by atoms with Crippen LogP contribution in [0.4, 0.5) is 0 Å². The molecule has 19 heavy (non-hydrogen) atoms. The Hall–Kier alpha value is -0.970. The minimum absolute atomic E-state index is 0.786. The van der Waals surface area contributed by atoms with Gasteiger partial charge in [-0.05, 0) is 63.0 Å². The normalized spacial score (nSPS) is 17.7. The molecule has 1 aliphatic rings. The van der Waals surface area contributed by atoms with Crippen LogP contribution in [0.5, 0.6) is 0 Å². The van der Waals surface area contributed by atoms with Crippen LogP contribution in [0.1, 0.15) is 18.4 Å². The molecule has 0 unspecified atom stereocenters. The van der Waals surface area contributed by atoms with Crippen LogP contribution in [0.15, 0.2) is 24.5 Å². The monoisotopic (exact) mass is 262 g/mol. The minimum Gasteiger partial charge on any atom is -0.329 e. The van der Waals surface area contributed by atoms with Crippen molar-refractivity contribution in [2.45, 2.75) is 19.3 Å². The minimum atomic E-state index is 0.786. The van der Waals surface area contributed by atoms with E-state index in [1.807, 2.05) is 18.5 Å². The second-order valence-electron chi connectivity index (χ2n) is 5.39. The fraction of sp³-hybridized carbons (Fsp3) is 0.667. The van der Waals surface area contributed by atoms with E-state index < -0.39 is 0 Å². The molecule has 0 aromatic carbocycles. The number of rotatable bonds is 7. The molecule has 3 N–H and O–H groups in total. The Balaban J connectivity index is 1.55. The van der Waals surface area contributed by atoms with Crippen LogP contribution in [0, 0.1) is 5.92 Å². The number of nitrogens with zero attached hydrogens (tertiary/aromatic N) is 2. The van der Waals surface area contributed by atoms with Gasteiger partial charge in [0.05, 0.1) is 0 Å². The van der Waals surface area contributed by atoms with Crippen molar-refractivity contribution in [1.82, 2.24) is 15.2 Å². The van der Waals surface area contributed by atoms with Gasteiger partial charge in [0.15, 0.2) is 0 Å². The molecule has 0 amide bonds. The maximum Gasteiger partial charge on any atom is 0.0300 e.